The number of carbonyl (C=O) groups is 1. The standard InChI is InChI=1S/C20H28N2O/c1-5-10-19(23)22(20(2,3)4)16-18-13-9-14-21(18)15-17-11-7-6-8-12-17/h6-9,11-14H,5,10,15-16H2,1-4H3. The SMILES string of the molecule is CCCC(=O)N(Cc1cccn1Cc1ccccc1)C(C)(C)C. The molecule has 1 amide bonds. The van der Waals surface area contributed by atoms with Crippen molar-refractivity contribution in [1.29, 1.82) is 0 Å². The first-order chi connectivity index (χ1) is 10.9. The molecule has 0 saturated carbocycles. The van der Waals surface area contributed by atoms with Crippen molar-refractivity contribution in [3.05, 3.63) is 59.9 Å². The second-order valence-electron chi connectivity index (χ2n) is 7.01. The van der Waals surface area contributed by atoms with Gasteiger partial charge in [-0.15, -0.1) is 0 Å². The lowest BCUT2D eigenvalue weighted by Gasteiger charge is -2.36. The molecule has 0 fully saturated rings. The smallest absolute Gasteiger partial charge is 0.223 e. The second kappa shape index (κ2) is 7.49. The number of amides is 1. The summed E-state index contributed by atoms with van der Waals surface area (Å²) in [6.07, 6.45) is 3.58. The van der Waals surface area contributed by atoms with Gasteiger partial charge in [0.2, 0.25) is 5.91 Å². The summed E-state index contributed by atoms with van der Waals surface area (Å²) in [4.78, 5) is 14.5. The number of aromatic nitrogens is 1. The highest BCUT2D eigenvalue weighted by molar-refractivity contribution is 5.76. The lowest BCUT2D eigenvalue weighted by Crippen LogP contribution is -2.45. The van der Waals surface area contributed by atoms with Gasteiger partial charge in [0.1, 0.15) is 0 Å². The van der Waals surface area contributed by atoms with Gasteiger partial charge in [-0.3, -0.25) is 4.79 Å². The molecule has 1 heterocycles. The number of rotatable bonds is 6. The van der Waals surface area contributed by atoms with Gasteiger partial charge in [-0.25, -0.2) is 0 Å². The fourth-order valence-corrected chi connectivity index (χ4v) is 2.74. The molecule has 0 unspecified atom stereocenters. The minimum absolute atomic E-state index is 0.173. The average molecular weight is 312 g/mol. The van der Waals surface area contributed by atoms with Crippen molar-refractivity contribution in [2.45, 2.75) is 59.2 Å². The van der Waals surface area contributed by atoms with E-state index in [0.717, 1.165) is 13.0 Å². The lowest BCUT2D eigenvalue weighted by molar-refractivity contribution is -0.136. The van der Waals surface area contributed by atoms with Gasteiger partial charge in [0.25, 0.3) is 0 Å². The van der Waals surface area contributed by atoms with Gasteiger partial charge in [-0.05, 0) is 44.9 Å². The molecule has 2 aromatic rings. The zero-order valence-electron chi connectivity index (χ0n) is 14.7. The van der Waals surface area contributed by atoms with Crippen LogP contribution in [0.25, 0.3) is 0 Å². The van der Waals surface area contributed by atoms with E-state index >= 15 is 0 Å². The minimum Gasteiger partial charge on any atom is -0.345 e. The van der Waals surface area contributed by atoms with Crippen LogP contribution < -0.4 is 0 Å². The molecule has 2 rings (SSSR count). The molecule has 1 aromatic carbocycles. The van der Waals surface area contributed by atoms with E-state index in [1.165, 1.54) is 11.3 Å². The molecule has 0 atom stereocenters. The number of carbonyl (C=O) groups excluding carboxylic acids is 1. The van der Waals surface area contributed by atoms with Gasteiger partial charge in [0.15, 0.2) is 0 Å². The van der Waals surface area contributed by atoms with Gasteiger partial charge in [-0.1, -0.05) is 37.3 Å². The van der Waals surface area contributed by atoms with Gasteiger partial charge in [0, 0.05) is 30.4 Å². The van der Waals surface area contributed by atoms with Gasteiger partial charge in [-0.2, -0.15) is 0 Å². The Kier molecular flexibility index (Phi) is 5.64. The third-order valence-electron chi connectivity index (χ3n) is 4.01. The van der Waals surface area contributed by atoms with Crippen LogP contribution in [0.4, 0.5) is 0 Å². The zero-order chi connectivity index (χ0) is 16.9. The van der Waals surface area contributed by atoms with Crippen molar-refractivity contribution in [2.24, 2.45) is 0 Å². The maximum atomic E-state index is 12.5. The van der Waals surface area contributed by atoms with E-state index in [4.69, 9.17) is 0 Å². The summed E-state index contributed by atoms with van der Waals surface area (Å²) in [7, 11) is 0. The Hall–Kier alpha value is -2.03. The fraction of sp³-hybridized carbons (Fsp3) is 0.450. The average Bonchev–Trinajstić information content (AvgIpc) is 2.92. The summed E-state index contributed by atoms with van der Waals surface area (Å²) in [6, 6.07) is 14.6. The quantitative estimate of drug-likeness (QED) is 0.773. The van der Waals surface area contributed by atoms with E-state index in [2.05, 4.69) is 74.9 Å². The molecule has 0 aliphatic rings. The summed E-state index contributed by atoms with van der Waals surface area (Å²) in [5, 5.41) is 0. The number of hydrogen-bond acceptors (Lipinski definition) is 1. The number of hydrogen-bond donors (Lipinski definition) is 0. The van der Waals surface area contributed by atoms with E-state index in [0.29, 0.717) is 13.0 Å². The van der Waals surface area contributed by atoms with Crippen LogP contribution in [0.1, 0.15) is 51.8 Å². The first-order valence-electron chi connectivity index (χ1n) is 8.40. The van der Waals surface area contributed by atoms with E-state index in [9.17, 15) is 4.79 Å². The zero-order valence-corrected chi connectivity index (χ0v) is 14.7. The predicted molar refractivity (Wildman–Crippen MR) is 95.2 cm³/mol. The molecule has 124 valence electrons. The van der Waals surface area contributed by atoms with E-state index < -0.39 is 0 Å². The maximum Gasteiger partial charge on any atom is 0.223 e. The molecule has 23 heavy (non-hydrogen) atoms. The monoisotopic (exact) mass is 312 g/mol. The fourth-order valence-electron chi connectivity index (χ4n) is 2.74. The normalized spacial score (nSPS) is 11.5. The molecule has 1 aromatic heterocycles. The molecule has 0 aliphatic carbocycles. The second-order valence-corrected chi connectivity index (χ2v) is 7.01. The van der Waals surface area contributed by atoms with E-state index in [-0.39, 0.29) is 11.4 Å². The van der Waals surface area contributed by atoms with Crippen LogP contribution >= 0.6 is 0 Å². The summed E-state index contributed by atoms with van der Waals surface area (Å²) in [6.45, 7) is 9.85. The Balaban J connectivity index is 2.18. The molecule has 3 heteroatoms. The summed E-state index contributed by atoms with van der Waals surface area (Å²) < 4.78 is 2.23. The van der Waals surface area contributed by atoms with Crippen LogP contribution in [0, 0.1) is 0 Å². The Morgan fingerprint density at radius 3 is 2.39 bits per heavy atom. The van der Waals surface area contributed by atoms with Crippen molar-refractivity contribution in [1.82, 2.24) is 9.47 Å². The van der Waals surface area contributed by atoms with Gasteiger partial charge < -0.3 is 9.47 Å². The molecule has 0 aliphatic heterocycles. The molecular formula is C20H28N2O. The molecule has 0 bridgehead atoms. The van der Waals surface area contributed by atoms with Crippen LogP contribution in [0.5, 0.6) is 0 Å². The number of benzene rings is 1. The summed E-state index contributed by atoms with van der Waals surface area (Å²) in [5.74, 6) is 0.229. The van der Waals surface area contributed by atoms with Crippen molar-refractivity contribution in [3.8, 4) is 0 Å². The van der Waals surface area contributed by atoms with Crippen LogP contribution in [0.2, 0.25) is 0 Å². The van der Waals surface area contributed by atoms with Crippen molar-refractivity contribution >= 4 is 5.91 Å². The third kappa shape index (κ3) is 4.72. The maximum absolute atomic E-state index is 12.5. The number of nitrogens with zero attached hydrogens (tertiary/aromatic N) is 2. The van der Waals surface area contributed by atoms with Crippen LogP contribution in [0.15, 0.2) is 48.7 Å². The highest BCUT2D eigenvalue weighted by Gasteiger charge is 2.26. The summed E-state index contributed by atoms with van der Waals surface area (Å²) >= 11 is 0. The minimum atomic E-state index is -0.173. The highest BCUT2D eigenvalue weighted by atomic mass is 16.2. The van der Waals surface area contributed by atoms with Crippen molar-refractivity contribution in [3.63, 3.8) is 0 Å². The van der Waals surface area contributed by atoms with E-state index in [1.54, 1.807) is 0 Å². The first-order valence-corrected chi connectivity index (χ1v) is 8.40. The van der Waals surface area contributed by atoms with Crippen molar-refractivity contribution < 1.29 is 4.79 Å². The molecule has 0 spiro atoms. The van der Waals surface area contributed by atoms with Crippen LogP contribution in [-0.4, -0.2) is 20.9 Å². The molecule has 0 radical (unpaired) electrons. The van der Waals surface area contributed by atoms with Gasteiger partial charge in [0.05, 0.1) is 6.54 Å². The third-order valence-corrected chi connectivity index (χ3v) is 4.01. The van der Waals surface area contributed by atoms with Crippen molar-refractivity contribution in [2.75, 3.05) is 0 Å². The molecule has 0 N–H and O–H groups in total. The largest absolute Gasteiger partial charge is 0.345 e. The van der Waals surface area contributed by atoms with Crippen LogP contribution in [-0.2, 0) is 17.9 Å². The van der Waals surface area contributed by atoms with E-state index in [1.807, 2.05) is 11.0 Å². The topological polar surface area (TPSA) is 25.2 Å². The lowest BCUT2D eigenvalue weighted by atomic mass is 10.0. The summed E-state index contributed by atoms with van der Waals surface area (Å²) in [5.41, 5.74) is 2.27. The Bertz CT molecular complexity index is 623. The predicted octanol–water partition coefficient (Wildman–Crippen LogP) is 4.46. The van der Waals surface area contributed by atoms with Crippen LogP contribution in [0.3, 0.4) is 0 Å². The highest BCUT2D eigenvalue weighted by Crippen LogP contribution is 2.20. The first kappa shape index (κ1) is 17.3. The molecule has 3 nitrogen and oxygen atoms in total. The molecule has 0 saturated heterocycles. The Morgan fingerprint density at radius 2 is 1.78 bits per heavy atom. The Morgan fingerprint density at radius 1 is 1.09 bits per heavy atom. The molecular weight excluding hydrogens is 284 g/mol. The van der Waals surface area contributed by atoms with Gasteiger partial charge >= 0.3 is 0 Å². The Labute approximate surface area is 139 Å².